The van der Waals surface area contributed by atoms with Crippen LogP contribution in [0.1, 0.15) is 0 Å². The molecule has 0 aliphatic rings. The maximum Gasteiger partial charge on any atom is 0.175 e. The first-order valence-electron chi connectivity index (χ1n) is 8.10. The van der Waals surface area contributed by atoms with E-state index in [1.807, 2.05) is 12.1 Å². The number of halogens is 1. The summed E-state index contributed by atoms with van der Waals surface area (Å²) < 4.78 is 23.7. The van der Waals surface area contributed by atoms with Crippen LogP contribution in [0.4, 0.5) is 11.4 Å². The molecule has 1 unspecified atom stereocenters. The van der Waals surface area contributed by atoms with Crippen molar-refractivity contribution in [2.24, 2.45) is 0 Å². The third kappa shape index (κ3) is 4.67. The van der Waals surface area contributed by atoms with Gasteiger partial charge in [0.1, 0.15) is 6.04 Å². The summed E-state index contributed by atoms with van der Waals surface area (Å²) in [5.41, 5.74) is 1.40. The lowest BCUT2D eigenvalue weighted by molar-refractivity contribution is 0.602. The number of rotatable bonds is 6. The third-order valence-corrected chi connectivity index (χ3v) is 5.33. The molecule has 3 aromatic rings. The second kappa shape index (κ2) is 7.82. The predicted octanol–water partition coefficient (Wildman–Crippen LogP) is 3.71. The van der Waals surface area contributed by atoms with Crippen LogP contribution in [0.2, 0.25) is 5.02 Å². The van der Waals surface area contributed by atoms with Crippen LogP contribution in [0.5, 0.6) is 0 Å². The highest BCUT2D eigenvalue weighted by atomic mass is 35.5. The molecule has 2 N–H and O–H groups in total. The molecule has 0 aliphatic heterocycles. The zero-order valence-corrected chi connectivity index (χ0v) is 16.1. The topological polar surface area (TPSA) is 94.9 Å². The van der Waals surface area contributed by atoms with E-state index in [4.69, 9.17) is 11.6 Å². The maximum absolute atomic E-state index is 11.8. The van der Waals surface area contributed by atoms with Crippen LogP contribution in [0.15, 0.2) is 59.8 Å². The summed E-state index contributed by atoms with van der Waals surface area (Å²) in [6.07, 6.45) is 4.39. The van der Waals surface area contributed by atoms with E-state index in [2.05, 4.69) is 21.7 Å². The van der Waals surface area contributed by atoms with Gasteiger partial charge in [-0.15, -0.1) is 0 Å². The maximum atomic E-state index is 11.8. The Bertz CT molecular complexity index is 1130. The quantitative estimate of drug-likeness (QED) is 0.655. The number of nitrogens with one attached hydrogen (secondary N) is 2. The van der Waals surface area contributed by atoms with Gasteiger partial charge in [-0.2, -0.15) is 5.26 Å². The van der Waals surface area contributed by atoms with Crippen molar-refractivity contribution in [2.45, 2.75) is 10.9 Å². The molecule has 1 atom stereocenters. The molecule has 2 aromatic carbocycles. The second-order valence-electron chi connectivity index (χ2n) is 6.06. The number of aromatic nitrogens is 1. The summed E-state index contributed by atoms with van der Waals surface area (Å²) in [5, 5.41) is 17.8. The van der Waals surface area contributed by atoms with Gasteiger partial charge in [0.2, 0.25) is 0 Å². The smallest absolute Gasteiger partial charge is 0.175 e. The highest BCUT2D eigenvalue weighted by Gasteiger charge is 2.13. The van der Waals surface area contributed by atoms with E-state index >= 15 is 0 Å². The van der Waals surface area contributed by atoms with Crippen molar-refractivity contribution in [3.05, 3.63) is 59.9 Å². The van der Waals surface area contributed by atoms with Gasteiger partial charge < -0.3 is 10.6 Å². The highest BCUT2D eigenvalue weighted by Crippen LogP contribution is 2.26. The summed E-state index contributed by atoms with van der Waals surface area (Å²) in [6.45, 7) is 0.332. The molecule has 1 aromatic heterocycles. The molecule has 1 heterocycles. The number of sulfone groups is 1. The minimum atomic E-state index is -3.33. The van der Waals surface area contributed by atoms with Gasteiger partial charge in [0.15, 0.2) is 9.84 Å². The number of fused-ring (bicyclic) bond motifs is 1. The lowest BCUT2D eigenvalue weighted by Gasteiger charge is -2.16. The summed E-state index contributed by atoms with van der Waals surface area (Å²) in [5.74, 6) is 0. The molecule has 0 amide bonds. The zero-order valence-electron chi connectivity index (χ0n) is 14.5. The van der Waals surface area contributed by atoms with E-state index in [1.54, 1.807) is 42.7 Å². The Morgan fingerprint density at radius 1 is 1.22 bits per heavy atom. The molecule has 138 valence electrons. The Kier molecular flexibility index (Phi) is 5.49. The number of anilines is 2. The Balaban J connectivity index is 1.84. The van der Waals surface area contributed by atoms with Crippen molar-refractivity contribution in [1.29, 1.82) is 5.26 Å². The van der Waals surface area contributed by atoms with E-state index in [9.17, 15) is 13.7 Å². The van der Waals surface area contributed by atoms with Gasteiger partial charge in [-0.25, -0.2) is 8.42 Å². The number of hydrogen-bond acceptors (Lipinski definition) is 6. The molecule has 3 rings (SSSR count). The van der Waals surface area contributed by atoms with E-state index < -0.39 is 15.9 Å². The minimum absolute atomic E-state index is 0.217. The largest absolute Gasteiger partial charge is 0.382 e. The van der Waals surface area contributed by atoms with Crippen LogP contribution < -0.4 is 10.6 Å². The van der Waals surface area contributed by atoms with Crippen LogP contribution in [0.3, 0.4) is 0 Å². The molecule has 8 heteroatoms. The Morgan fingerprint density at radius 2 is 2.04 bits per heavy atom. The van der Waals surface area contributed by atoms with Gasteiger partial charge >= 0.3 is 0 Å². The third-order valence-electron chi connectivity index (χ3n) is 3.98. The molecule has 0 saturated heterocycles. The van der Waals surface area contributed by atoms with E-state index in [1.165, 1.54) is 0 Å². The number of pyridine rings is 1. The summed E-state index contributed by atoms with van der Waals surface area (Å²) in [6, 6.07) is 13.7. The Labute approximate surface area is 162 Å². The highest BCUT2D eigenvalue weighted by molar-refractivity contribution is 7.90. The molecule has 0 bridgehead atoms. The lowest BCUT2D eigenvalue weighted by Crippen LogP contribution is -2.26. The SMILES string of the molecule is CS(=O)(=O)c1ccc2cncc(NC(C#N)CNc3cccc(Cl)c3)c2c1. The van der Waals surface area contributed by atoms with Crippen LogP contribution in [-0.2, 0) is 9.84 Å². The molecule has 0 spiro atoms. The van der Waals surface area contributed by atoms with Crippen LogP contribution in [0.25, 0.3) is 10.8 Å². The van der Waals surface area contributed by atoms with Crippen molar-refractivity contribution in [3.63, 3.8) is 0 Å². The van der Waals surface area contributed by atoms with E-state index in [-0.39, 0.29) is 4.90 Å². The predicted molar refractivity (Wildman–Crippen MR) is 108 cm³/mol. The van der Waals surface area contributed by atoms with E-state index in [0.717, 1.165) is 17.3 Å². The van der Waals surface area contributed by atoms with Gasteiger partial charge in [0, 0.05) is 40.5 Å². The van der Waals surface area contributed by atoms with Crippen LogP contribution in [0, 0.1) is 11.3 Å². The average Bonchev–Trinajstić information content (AvgIpc) is 2.64. The Morgan fingerprint density at radius 3 is 2.74 bits per heavy atom. The fourth-order valence-corrected chi connectivity index (χ4v) is 3.46. The summed E-state index contributed by atoms with van der Waals surface area (Å²) in [7, 11) is -3.33. The average molecular weight is 401 g/mol. The molecule has 0 saturated carbocycles. The van der Waals surface area contributed by atoms with Gasteiger partial charge in [0.05, 0.1) is 22.8 Å². The van der Waals surface area contributed by atoms with Gasteiger partial charge in [-0.1, -0.05) is 23.7 Å². The first kappa shape index (κ1) is 19.0. The van der Waals surface area contributed by atoms with E-state index in [0.29, 0.717) is 22.6 Å². The van der Waals surface area contributed by atoms with Crippen molar-refractivity contribution in [1.82, 2.24) is 4.98 Å². The second-order valence-corrected chi connectivity index (χ2v) is 8.51. The summed E-state index contributed by atoms with van der Waals surface area (Å²) >= 11 is 5.96. The number of hydrogen-bond donors (Lipinski definition) is 2. The van der Waals surface area contributed by atoms with Crippen molar-refractivity contribution < 1.29 is 8.42 Å². The number of nitrogens with zero attached hydrogens (tertiary/aromatic N) is 2. The van der Waals surface area contributed by atoms with Crippen molar-refractivity contribution >= 4 is 43.6 Å². The normalized spacial score (nSPS) is 12.3. The van der Waals surface area contributed by atoms with Gasteiger partial charge in [0.25, 0.3) is 0 Å². The van der Waals surface area contributed by atoms with Gasteiger partial charge in [-0.3, -0.25) is 4.98 Å². The fourth-order valence-electron chi connectivity index (χ4n) is 2.62. The monoisotopic (exact) mass is 400 g/mol. The standard InChI is InChI=1S/C19H17ClN4O2S/c1-27(25,26)17-6-5-13-10-22-12-19(18(13)8-17)24-16(9-21)11-23-15-4-2-3-14(20)7-15/h2-8,10,12,16,23-24H,11H2,1H3. The van der Waals surface area contributed by atoms with Crippen molar-refractivity contribution in [2.75, 3.05) is 23.4 Å². The fraction of sp³-hybridized carbons (Fsp3) is 0.158. The first-order chi connectivity index (χ1) is 12.9. The minimum Gasteiger partial charge on any atom is -0.382 e. The molecular formula is C19H17ClN4O2S. The van der Waals surface area contributed by atoms with Crippen LogP contribution in [-0.4, -0.2) is 32.2 Å². The summed E-state index contributed by atoms with van der Waals surface area (Å²) in [4.78, 5) is 4.38. The number of benzene rings is 2. The Hall–Kier alpha value is -2.82. The zero-order chi connectivity index (χ0) is 19.4. The number of nitriles is 1. The molecule has 0 radical (unpaired) electrons. The van der Waals surface area contributed by atoms with Crippen molar-refractivity contribution in [3.8, 4) is 6.07 Å². The van der Waals surface area contributed by atoms with Gasteiger partial charge in [-0.05, 0) is 30.3 Å². The molecule has 6 nitrogen and oxygen atoms in total. The molecule has 0 fully saturated rings. The lowest BCUT2D eigenvalue weighted by atomic mass is 10.1. The molecule has 0 aliphatic carbocycles. The molecular weight excluding hydrogens is 384 g/mol. The molecule has 27 heavy (non-hydrogen) atoms. The first-order valence-corrected chi connectivity index (χ1v) is 10.4. The van der Waals surface area contributed by atoms with Crippen LogP contribution >= 0.6 is 11.6 Å².